The Morgan fingerprint density at radius 1 is 1.00 bits per heavy atom. The van der Waals surface area contributed by atoms with Crippen LogP contribution in [0.25, 0.3) is 11.1 Å². The molecule has 0 aromatic heterocycles. The minimum absolute atomic E-state index is 0.302. The molecule has 0 amide bonds. The van der Waals surface area contributed by atoms with Crippen molar-refractivity contribution in [2.75, 3.05) is 0 Å². The van der Waals surface area contributed by atoms with Gasteiger partial charge in [0.05, 0.1) is 6.61 Å². The van der Waals surface area contributed by atoms with Crippen LogP contribution in [-0.4, -0.2) is 5.11 Å². The SMILES string of the molecule is Cc1cc(-c2ccc(F)cc2)cc(F)c1CO. The maximum absolute atomic E-state index is 13.6. The molecule has 0 bridgehead atoms. The third-order valence-corrected chi connectivity index (χ3v) is 2.75. The summed E-state index contributed by atoms with van der Waals surface area (Å²) in [4.78, 5) is 0. The number of aliphatic hydroxyl groups is 1. The zero-order valence-corrected chi connectivity index (χ0v) is 9.37. The quantitative estimate of drug-likeness (QED) is 0.844. The smallest absolute Gasteiger partial charge is 0.129 e. The number of aliphatic hydroxyl groups excluding tert-OH is 1. The van der Waals surface area contributed by atoms with Crippen molar-refractivity contribution in [2.24, 2.45) is 0 Å². The summed E-state index contributed by atoms with van der Waals surface area (Å²) in [7, 11) is 0. The van der Waals surface area contributed by atoms with Gasteiger partial charge in [0.1, 0.15) is 11.6 Å². The summed E-state index contributed by atoms with van der Waals surface area (Å²) in [6.07, 6.45) is 0. The minimum atomic E-state index is -0.438. The van der Waals surface area contributed by atoms with E-state index in [9.17, 15) is 8.78 Å². The van der Waals surface area contributed by atoms with E-state index in [1.807, 2.05) is 0 Å². The zero-order valence-electron chi connectivity index (χ0n) is 9.37. The molecule has 0 saturated carbocycles. The summed E-state index contributed by atoms with van der Waals surface area (Å²) in [6.45, 7) is 1.42. The molecular formula is C14H12F2O. The van der Waals surface area contributed by atoms with E-state index < -0.39 is 5.82 Å². The van der Waals surface area contributed by atoms with Gasteiger partial charge in [-0.2, -0.15) is 0 Å². The summed E-state index contributed by atoms with van der Waals surface area (Å²) in [6, 6.07) is 9.00. The molecule has 0 aliphatic carbocycles. The summed E-state index contributed by atoms with van der Waals surface area (Å²) >= 11 is 0. The van der Waals surface area contributed by atoms with Crippen LogP contribution in [0.5, 0.6) is 0 Å². The maximum atomic E-state index is 13.6. The van der Waals surface area contributed by atoms with Crippen molar-refractivity contribution in [1.29, 1.82) is 0 Å². The Kier molecular flexibility index (Phi) is 3.20. The van der Waals surface area contributed by atoms with Crippen LogP contribution >= 0.6 is 0 Å². The van der Waals surface area contributed by atoms with Gasteiger partial charge in [-0.25, -0.2) is 8.78 Å². The van der Waals surface area contributed by atoms with Crippen LogP contribution in [0.15, 0.2) is 36.4 Å². The van der Waals surface area contributed by atoms with Crippen molar-refractivity contribution in [2.45, 2.75) is 13.5 Å². The topological polar surface area (TPSA) is 20.2 Å². The van der Waals surface area contributed by atoms with Gasteiger partial charge in [-0.3, -0.25) is 0 Å². The third-order valence-electron chi connectivity index (χ3n) is 2.75. The fourth-order valence-corrected chi connectivity index (χ4v) is 1.78. The van der Waals surface area contributed by atoms with Gasteiger partial charge in [-0.1, -0.05) is 18.2 Å². The number of hydrogen-bond acceptors (Lipinski definition) is 1. The van der Waals surface area contributed by atoms with E-state index in [0.717, 1.165) is 5.56 Å². The second-order valence-corrected chi connectivity index (χ2v) is 3.92. The van der Waals surface area contributed by atoms with Crippen molar-refractivity contribution in [1.82, 2.24) is 0 Å². The highest BCUT2D eigenvalue weighted by atomic mass is 19.1. The first kappa shape index (κ1) is 11.7. The predicted octanol–water partition coefficient (Wildman–Crippen LogP) is 3.43. The van der Waals surface area contributed by atoms with Gasteiger partial charge in [0.2, 0.25) is 0 Å². The monoisotopic (exact) mass is 234 g/mol. The van der Waals surface area contributed by atoms with Crippen molar-refractivity contribution < 1.29 is 13.9 Å². The van der Waals surface area contributed by atoms with E-state index in [1.165, 1.54) is 18.2 Å². The normalized spacial score (nSPS) is 10.6. The van der Waals surface area contributed by atoms with Gasteiger partial charge < -0.3 is 5.11 Å². The maximum Gasteiger partial charge on any atom is 0.129 e. The van der Waals surface area contributed by atoms with Gasteiger partial charge in [0.25, 0.3) is 0 Å². The fraction of sp³-hybridized carbons (Fsp3) is 0.143. The van der Waals surface area contributed by atoms with Gasteiger partial charge >= 0.3 is 0 Å². The van der Waals surface area contributed by atoms with Gasteiger partial charge in [0, 0.05) is 5.56 Å². The molecule has 2 aromatic rings. The molecule has 2 aromatic carbocycles. The first-order chi connectivity index (χ1) is 8.11. The molecule has 0 unspecified atom stereocenters. The van der Waals surface area contributed by atoms with Crippen molar-refractivity contribution in [3.8, 4) is 11.1 Å². The average Bonchev–Trinajstić information content (AvgIpc) is 2.29. The average molecular weight is 234 g/mol. The summed E-state index contributed by atoms with van der Waals surface area (Å²) < 4.78 is 26.4. The van der Waals surface area contributed by atoms with Gasteiger partial charge in [0.15, 0.2) is 0 Å². The Hall–Kier alpha value is -1.74. The molecule has 0 heterocycles. The first-order valence-corrected chi connectivity index (χ1v) is 5.27. The molecule has 17 heavy (non-hydrogen) atoms. The standard InChI is InChI=1S/C14H12F2O/c1-9-6-11(7-14(16)13(9)8-17)10-2-4-12(15)5-3-10/h2-7,17H,8H2,1H3. The molecule has 1 nitrogen and oxygen atoms in total. The largest absolute Gasteiger partial charge is 0.392 e. The lowest BCUT2D eigenvalue weighted by molar-refractivity contribution is 0.275. The third kappa shape index (κ3) is 2.34. The van der Waals surface area contributed by atoms with Crippen molar-refractivity contribution in [3.63, 3.8) is 0 Å². The molecule has 0 radical (unpaired) electrons. The Bertz CT molecular complexity index is 509. The lowest BCUT2D eigenvalue weighted by Gasteiger charge is -2.08. The van der Waals surface area contributed by atoms with E-state index in [1.54, 1.807) is 25.1 Å². The molecule has 0 fully saturated rings. The summed E-state index contributed by atoms with van der Waals surface area (Å²) in [5, 5.41) is 9.01. The fourth-order valence-electron chi connectivity index (χ4n) is 1.78. The highest BCUT2D eigenvalue weighted by molar-refractivity contribution is 5.65. The van der Waals surface area contributed by atoms with Crippen LogP contribution in [0.4, 0.5) is 8.78 Å². The lowest BCUT2D eigenvalue weighted by atomic mass is 9.99. The van der Waals surface area contributed by atoms with E-state index in [0.29, 0.717) is 16.7 Å². The zero-order chi connectivity index (χ0) is 12.4. The van der Waals surface area contributed by atoms with Crippen LogP contribution in [0.1, 0.15) is 11.1 Å². The number of rotatable bonds is 2. The van der Waals surface area contributed by atoms with Crippen LogP contribution in [0.2, 0.25) is 0 Å². The van der Waals surface area contributed by atoms with E-state index in [4.69, 9.17) is 5.11 Å². The van der Waals surface area contributed by atoms with E-state index in [-0.39, 0.29) is 12.4 Å². The number of aryl methyl sites for hydroxylation is 1. The second kappa shape index (κ2) is 4.63. The Labute approximate surface area is 98.3 Å². The Balaban J connectivity index is 2.50. The van der Waals surface area contributed by atoms with Crippen LogP contribution in [0, 0.1) is 18.6 Å². The molecule has 0 atom stereocenters. The molecule has 0 aliphatic heterocycles. The number of hydrogen-bond donors (Lipinski definition) is 1. The molecule has 0 spiro atoms. The molecule has 0 saturated heterocycles. The summed E-state index contributed by atoms with van der Waals surface area (Å²) in [5.74, 6) is -0.759. The molecule has 1 N–H and O–H groups in total. The predicted molar refractivity (Wildman–Crippen MR) is 62.5 cm³/mol. The van der Waals surface area contributed by atoms with E-state index in [2.05, 4.69) is 0 Å². The first-order valence-electron chi connectivity index (χ1n) is 5.27. The molecule has 0 aliphatic rings. The molecule has 2 rings (SSSR count). The summed E-state index contributed by atoms with van der Waals surface area (Å²) in [5.41, 5.74) is 2.41. The van der Waals surface area contributed by atoms with Crippen LogP contribution in [0.3, 0.4) is 0 Å². The molecular weight excluding hydrogens is 222 g/mol. The van der Waals surface area contributed by atoms with E-state index >= 15 is 0 Å². The Morgan fingerprint density at radius 3 is 2.18 bits per heavy atom. The molecule has 3 heteroatoms. The highest BCUT2D eigenvalue weighted by Crippen LogP contribution is 2.25. The Morgan fingerprint density at radius 2 is 1.65 bits per heavy atom. The minimum Gasteiger partial charge on any atom is -0.392 e. The van der Waals surface area contributed by atoms with Crippen LogP contribution in [-0.2, 0) is 6.61 Å². The lowest BCUT2D eigenvalue weighted by Crippen LogP contribution is -1.95. The van der Waals surface area contributed by atoms with Crippen molar-refractivity contribution in [3.05, 3.63) is 59.2 Å². The number of halogens is 2. The van der Waals surface area contributed by atoms with Gasteiger partial charge in [-0.05, 0) is 41.8 Å². The highest BCUT2D eigenvalue weighted by Gasteiger charge is 2.08. The van der Waals surface area contributed by atoms with Gasteiger partial charge in [-0.15, -0.1) is 0 Å². The van der Waals surface area contributed by atoms with Crippen molar-refractivity contribution >= 4 is 0 Å². The molecule has 88 valence electrons. The number of benzene rings is 2. The van der Waals surface area contributed by atoms with Crippen LogP contribution < -0.4 is 0 Å². The second-order valence-electron chi connectivity index (χ2n) is 3.92.